The summed E-state index contributed by atoms with van der Waals surface area (Å²) in [5, 5.41) is 12.8. The Kier molecular flexibility index (Phi) is 4.52. The van der Waals surface area contributed by atoms with Gasteiger partial charge in [-0.25, -0.2) is 0 Å². The fourth-order valence-electron chi connectivity index (χ4n) is 1.82. The van der Waals surface area contributed by atoms with Crippen LogP contribution in [0.4, 0.5) is 5.69 Å². The Labute approximate surface area is 142 Å². The molecule has 0 saturated heterocycles. The van der Waals surface area contributed by atoms with Gasteiger partial charge in [0.15, 0.2) is 0 Å². The highest BCUT2D eigenvalue weighted by Gasteiger charge is 2.08. The number of benzene rings is 2. The molecule has 7 heteroatoms. The molecule has 1 heterocycles. The maximum atomic E-state index is 5.96. The standard InChI is InChI=1S/C15H10Cl3N3O/c16-10-3-1-9(2-4-10)15-21-20-14(22-15)8-19-11-5-6-12(17)13(18)7-11/h1-7,19H,8H2. The van der Waals surface area contributed by atoms with E-state index in [9.17, 15) is 0 Å². The van der Waals surface area contributed by atoms with Crippen LogP contribution < -0.4 is 5.32 Å². The first-order valence-corrected chi connectivity index (χ1v) is 7.52. The molecule has 0 radical (unpaired) electrons. The monoisotopic (exact) mass is 353 g/mol. The highest BCUT2D eigenvalue weighted by Crippen LogP contribution is 2.25. The Morgan fingerprint density at radius 3 is 2.41 bits per heavy atom. The highest BCUT2D eigenvalue weighted by atomic mass is 35.5. The van der Waals surface area contributed by atoms with Crippen LogP contribution in [0.5, 0.6) is 0 Å². The summed E-state index contributed by atoms with van der Waals surface area (Å²) in [4.78, 5) is 0. The molecule has 4 nitrogen and oxygen atoms in total. The number of aromatic nitrogens is 2. The first-order valence-electron chi connectivity index (χ1n) is 6.39. The van der Waals surface area contributed by atoms with Crippen LogP contribution in [0.3, 0.4) is 0 Å². The van der Waals surface area contributed by atoms with Crippen LogP contribution in [0.25, 0.3) is 11.5 Å². The fraction of sp³-hybridized carbons (Fsp3) is 0.0667. The lowest BCUT2D eigenvalue weighted by Crippen LogP contribution is -1.99. The van der Waals surface area contributed by atoms with Gasteiger partial charge in [0.2, 0.25) is 11.8 Å². The van der Waals surface area contributed by atoms with Crippen molar-refractivity contribution in [3.05, 3.63) is 63.4 Å². The first kappa shape index (κ1) is 15.2. The van der Waals surface area contributed by atoms with Crippen LogP contribution in [-0.2, 0) is 6.54 Å². The van der Waals surface area contributed by atoms with Crippen molar-refractivity contribution >= 4 is 40.5 Å². The summed E-state index contributed by atoms with van der Waals surface area (Å²) in [5.41, 5.74) is 1.64. The molecule has 0 bridgehead atoms. The summed E-state index contributed by atoms with van der Waals surface area (Å²) in [6.45, 7) is 0.387. The van der Waals surface area contributed by atoms with Gasteiger partial charge in [0, 0.05) is 16.3 Å². The van der Waals surface area contributed by atoms with Crippen LogP contribution in [0.1, 0.15) is 5.89 Å². The number of hydrogen-bond acceptors (Lipinski definition) is 4. The van der Waals surface area contributed by atoms with Gasteiger partial charge in [-0.3, -0.25) is 0 Å². The molecular weight excluding hydrogens is 345 g/mol. The highest BCUT2D eigenvalue weighted by molar-refractivity contribution is 6.42. The van der Waals surface area contributed by atoms with Gasteiger partial charge in [-0.2, -0.15) is 0 Å². The van der Waals surface area contributed by atoms with Crippen LogP contribution in [0, 0.1) is 0 Å². The third-order valence-electron chi connectivity index (χ3n) is 2.92. The lowest BCUT2D eigenvalue weighted by Gasteiger charge is -2.04. The second-order valence-electron chi connectivity index (χ2n) is 4.49. The third-order valence-corrected chi connectivity index (χ3v) is 3.91. The SMILES string of the molecule is Clc1ccc(-c2nnc(CNc3ccc(Cl)c(Cl)c3)o2)cc1. The van der Waals surface area contributed by atoms with E-state index in [1.54, 1.807) is 24.3 Å². The van der Waals surface area contributed by atoms with E-state index < -0.39 is 0 Å². The molecule has 0 aliphatic heterocycles. The molecule has 0 spiro atoms. The van der Waals surface area contributed by atoms with Gasteiger partial charge in [-0.1, -0.05) is 34.8 Å². The summed E-state index contributed by atoms with van der Waals surface area (Å²) in [6, 6.07) is 12.5. The van der Waals surface area contributed by atoms with E-state index >= 15 is 0 Å². The molecule has 0 aliphatic carbocycles. The molecule has 112 valence electrons. The summed E-state index contributed by atoms with van der Waals surface area (Å²) in [6.07, 6.45) is 0. The van der Waals surface area contributed by atoms with E-state index in [1.807, 2.05) is 18.2 Å². The van der Waals surface area contributed by atoms with Gasteiger partial charge in [0.05, 0.1) is 16.6 Å². The molecule has 0 fully saturated rings. The predicted molar refractivity (Wildman–Crippen MR) is 88.5 cm³/mol. The summed E-state index contributed by atoms with van der Waals surface area (Å²) >= 11 is 17.7. The molecular formula is C15H10Cl3N3O. The second-order valence-corrected chi connectivity index (χ2v) is 5.74. The lowest BCUT2D eigenvalue weighted by atomic mass is 10.2. The minimum atomic E-state index is 0.387. The minimum absolute atomic E-state index is 0.387. The molecule has 0 aliphatic rings. The Morgan fingerprint density at radius 2 is 1.68 bits per heavy atom. The molecule has 1 N–H and O–H groups in total. The summed E-state index contributed by atoms with van der Waals surface area (Å²) in [7, 11) is 0. The van der Waals surface area contributed by atoms with E-state index in [4.69, 9.17) is 39.2 Å². The maximum Gasteiger partial charge on any atom is 0.247 e. The third kappa shape index (κ3) is 3.53. The Balaban J connectivity index is 1.69. The molecule has 0 atom stereocenters. The van der Waals surface area contributed by atoms with Crippen LogP contribution in [0.15, 0.2) is 46.9 Å². The van der Waals surface area contributed by atoms with E-state index in [1.165, 1.54) is 0 Å². The lowest BCUT2D eigenvalue weighted by molar-refractivity contribution is 0.515. The van der Waals surface area contributed by atoms with E-state index in [0.717, 1.165) is 11.3 Å². The average Bonchev–Trinajstić information content (AvgIpc) is 2.98. The second kappa shape index (κ2) is 6.57. The number of anilines is 1. The van der Waals surface area contributed by atoms with Gasteiger partial charge in [0.1, 0.15) is 0 Å². The van der Waals surface area contributed by atoms with E-state index in [2.05, 4.69) is 15.5 Å². The van der Waals surface area contributed by atoms with Crippen molar-refractivity contribution < 1.29 is 4.42 Å². The van der Waals surface area contributed by atoms with Crippen molar-refractivity contribution in [1.82, 2.24) is 10.2 Å². The molecule has 3 aromatic rings. The van der Waals surface area contributed by atoms with Crippen LogP contribution >= 0.6 is 34.8 Å². The first-order chi connectivity index (χ1) is 10.6. The quantitative estimate of drug-likeness (QED) is 0.690. The molecule has 1 aromatic heterocycles. The normalized spacial score (nSPS) is 10.7. The number of nitrogens with one attached hydrogen (secondary N) is 1. The largest absolute Gasteiger partial charge is 0.419 e. The van der Waals surface area contributed by atoms with Crippen molar-refractivity contribution in [2.24, 2.45) is 0 Å². The van der Waals surface area contributed by atoms with Crippen molar-refractivity contribution in [3.8, 4) is 11.5 Å². The van der Waals surface area contributed by atoms with E-state index in [-0.39, 0.29) is 0 Å². The van der Waals surface area contributed by atoms with Crippen molar-refractivity contribution in [2.45, 2.75) is 6.54 Å². The Morgan fingerprint density at radius 1 is 0.909 bits per heavy atom. The molecule has 0 unspecified atom stereocenters. The molecule has 22 heavy (non-hydrogen) atoms. The molecule has 0 amide bonds. The van der Waals surface area contributed by atoms with Gasteiger partial charge >= 0.3 is 0 Å². The summed E-state index contributed by atoms with van der Waals surface area (Å²) < 4.78 is 5.60. The molecule has 0 saturated carbocycles. The van der Waals surface area contributed by atoms with Crippen LogP contribution in [0.2, 0.25) is 15.1 Å². The maximum absolute atomic E-state index is 5.96. The topological polar surface area (TPSA) is 51.0 Å². The Hall–Kier alpha value is -1.75. The minimum Gasteiger partial charge on any atom is -0.419 e. The molecule has 3 rings (SSSR count). The van der Waals surface area contributed by atoms with E-state index in [0.29, 0.717) is 33.4 Å². The Bertz CT molecular complexity index is 787. The predicted octanol–water partition coefficient (Wildman–Crippen LogP) is 5.31. The molecule has 2 aromatic carbocycles. The van der Waals surface area contributed by atoms with Gasteiger partial charge < -0.3 is 9.73 Å². The average molecular weight is 355 g/mol. The zero-order valence-electron chi connectivity index (χ0n) is 11.2. The van der Waals surface area contributed by atoms with Crippen molar-refractivity contribution in [3.63, 3.8) is 0 Å². The zero-order chi connectivity index (χ0) is 15.5. The number of nitrogens with zero attached hydrogens (tertiary/aromatic N) is 2. The number of halogens is 3. The fourth-order valence-corrected chi connectivity index (χ4v) is 2.24. The van der Waals surface area contributed by atoms with Crippen molar-refractivity contribution in [1.29, 1.82) is 0 Å². The van der Waals surface area contributed by atoms with Gasteiger partial charge in [-0.15, -0.1) is 10.2 Å². The number of rotatable bonds is 4. The smallest absolute Gasteiger partial charge is 0.247 e. The van der Waals surface area contributed by atoms with Gasteiger partial charge in [0.25, 0.3) is 0 Å². The summed E-state index contributed by atoms with van der Waals surface area (Å²) in [5.74, 6) is 0.915. The number of hydrogen-bond donors (Lipinski definition) is 1. The van der Waals surface area contributed by atoms with Crippen LogP contribution in [-0.4, -0.2) is 10.2 Å². The van der Waals surface area contributed by atoms with Crippen molar-refractivity contribution in [2.75, 3.05) is 5.32 Å². The zero-order valence-corrected chi connectivity index (χ0v) is 13.5. The van der Waals surface area contributed by atoms with Gasteiger partial charge in [-0.05, 0) is 42.5 Å².